The Morgan fingerprint density at radius 3 is 2.82 bits per heavy atom. The van der Waals surface area contributed by atoms with Crippen molar-refractivity contribution in [2.45, 2.75) is 49.2 Å². The summed E-state index contributed by atoms with van der Waals surface area (Å²) in [6.07, 6.45) is 3.55. The molecule has 2 aromatic carbocycles. The van der Waals surface area contributed by atoms with E-state index in [1.54, 1.807) is 12.1 Å². The van der Waals surface area contributed by atoms with Gasteiger partial charge in [0.15, 0.2) is 5.16 Å². The summed E-state index contributed by atoms with van der Waals surface area (Å²) in [5.74, 6) is 0.428. The third-order valence-electron chi connectivity index (χ3n) is 5.32. The molecule has 0 bridgehead atoms. The number of fused-ring (bicyclic) bond motifs is 1. The maximum Gasteiger partial charge on any atom is 0.262 e. The predicted octanol–water partition coefficient (Wildman–Crippen LogP) is 4.04. The molecular formula is C23H27N5O3S2. The summed E-state index contributed by atoms with van der Waals surface area (Å²) >= 11 is 1.35. The SMILES string of the molecule is CCn1c(SCC(=O)Nc2cccc(S(=O)(=O)NC3=NCCCCC3)c2)nc2ccccc21. The molecule has 0 fully saturated rings. The van der Waals surface area contributed by atoms with Crippen molar-refractivity contribution in [2.75, 3.05) is 17.6 Å². The summed E-state index contributed by atoms with van der Waals surface area (Å²) in [5, 5.41) is 3.57. The average Bonchev–Trinajstić information content (AvgIpc) is 2.97. The van der Waals surface area contributed by atoms with Gasteiger partial charge in [0, 0.05) is 25.2 Å². The number of para-hydroxylation sites is 2. The lowest BCUT2D eigenvalue weighted by molar-refractivity contribution is -0.113. The number of amidine groups is 1. The molecule has 3 aromatic rings. The smallest absolute Gasteiger partial charge is 0.262 e. The number of carbonyl (C=O) groups is 1. The molecule has 0 spiro atoms. The number of hydrogen-bond donors (Lipinski definition) is 2. The average molecular weight is 486 g/mol. The Kier molecular flexibility index (Phi) is 7.34. The molecule has 2 heterocycles. The second-order valence-electron chi connectivity index (χ2n) is 7.74. The minimum Gasteiger partial charge on any atom is -0.325 e. The van der Waals surface area contributed by atoms with Gasteiger partial charge in [-0.2, -0.15) is 0 Å². The molecule has 2 N–H and O–H groups in total. The normalized spacial score (nSPS) is 14.5. The van der Waals surface area contributed by atoms with Crippen molar-refractivity contribution in [3.8, 4) is 0 Å². The van der Waals surface area contributed by atoms with Gasteiger partial charge >= 0.3 is 0 Å². The first-order chi connectivity index (χ1) is 16.0. The molecule has 0 radical (unpaired) electrons. The van der Waals surface area contributed by atoms with Crippen LogP contribution in [0.5, 0.6) is 0 Å². The lowest BCUT2D eigenvalue weighted by Crippen LogP contribution is -2.30. The zero-order valence-electron chi connectivity index (χ0n) is 18.5. The summed E-state index contributed by atoms with van der Waals surface area (Å²) in [4.78, 5) is 21.6. The van der Waals surface area contributed by atoms with Crippen LogP contribution in [0.4, 0.5) is 5.69 Å². The van der Waals surface area contributed by atoms with E-state index < -0.39 is 10.0 Å². The van der Waals surface area contributed by atoms with E-state index in [1.807, 2.05) is 31.2 Å². The van der Waals surface area contributed by atoms with Gasteiger partial charge in [-0.15, -0.1) is 0 Å². The largest absolute Gasteiger partial charge is 0.325 e. The molecule has 0 unspecified atom stereocenters. The fourth-order valence-electron chi connectivity index (χ4n) is 3.71. The van der Waals surface area contributed by atoms with Crippen molar-refractivity contribution >= 4 is 50.2 Å². The number of thioether (sulfide) groups is 1. The molecular weight excluding hydrogens is 458 g/mol. The number of amides is 1. The van der Waals surface area contributed by atoms with Gasteiger partial charge < -0.3 is 9.88 Å². The van der Waals surface area contributed by atoms with E-state index in [4.69, 9.17) is 0 Å². The molecule has 1 amide bonds. The van der Waals surface area contributed by atoms with Crippen molar-refractivity contribution in [2.24, 2.45) is 4.99 Å². The topological polar surface area (TPSA) is 105 Å². The highest BCUT2D eigenvalue weighted by Gasteiger charge is 2.18. The van der Waals surface area contributed by atoms with Crippen LogP contribution >= 0.6 is 11.8 Å². The van der Waals surface area contributed by atoms with E-state index in [9.17, 15) is 13.2 Å². The summed E-state index contributed by atoms with van der Waals surface area (Å²) in [6, 6.07) is 14.1. The van der Waals surface area contributed by atoms with Gasteiger partial charge in [0.05, 0.1) is 21.7 Å². The van der Waals surface area contributed by atoms with E-state index in [1.165, 1.54) is 23.9 Å². The zero-order chi connectivity index (χ0) is 23.3. The van der Waals surface area contributed by atoms with E-state index in [-0.39, 0.29) is 16.6 Å². The number of sulfonamides is 1. The van der Waals surface area contributed by atoms with Crippen LogP contribution in [0.1, 0.15) is 32.6 Å². The highest BCUT2D eigenvalue weighted by Crippen LogP contribution is 2.24. The molecule has 0 saturated carbocycles. The number of imidazole rings is 1. The molecule has 174 valence electrons. The van der Waals surface area contributed by atoms with E-state index in [0.29, 0.717) is 24.5 Å². The van der Waals surface area contributed by atoms with Crippen molar-refractivity contribution in [3.63, 3.8) is 0 Å². The minimum absolute atomic E-state index is 0.0904. The van der Waals surface area contributed by atoms with Crippen molar-refractivity contribution in [1.82, 2.24) is 14.3 Å². The fourth-order valence-corrected chi connectivity index (χ4v) is 5.72. The van der Waals surface area contributed by atoms with Crippen molar-refractivity contribution in [3.05, 3.63) is 48.5 Å². The molecule has 0 atom stereocenters. The summed E-state index contributed by atoms with van der Waals surface area (Å²) < 4.78 is 30.3. The molecule has 10 heteroatoms. The van der Waals surface area contributed by atoms with Crippen LogP contribution in [0, 0.1) is 0 Å². The van der Waals surface area contributed by atoms with Gasteiger partial charge in [0.1, 0.15) is 5.84 Å². The van der Waals surface area contributed by atoms with Gasteiger partial charge in [-0.3, -0.25) is 14.5 Å². The van der Waals surface area contributed by atoms with Gasteiger partial charge in [-0.05, 0) is 50.1 Å². The number of aromatic nitrogens is 2. The quantitative estimate of drug-likeness (QED) is 0.492. The van der Waals surface area contributed by atoms with Gasteiger partial charge in [0.2, 0.25) is 5.91 Å². The lowest BCUT2D eigenvalue weighted by Gasteiger charge is -2.11. The molecule has 1 aliphatic heterocycles. The number of carbonyl (C=O) groups excluding carboxylic acids is 1. The van der Waals surface area contributed by atoms with Crippen LogP contribution in [0.25, 0.3) is 11.0 Å². The molecule has 33 heavy (non-hydrogen) atoms. The Bertz CT molecular complexity index is 1280. The van der Waals surface area contributed by atoms with Crippen LogP contribution in [-0.4, -0.2) is 42.0 Å². The number of nitrogens with one attached hydrogen (secondary N) is 2. The monoisotopic (exact) mass is 485 g/mol. The summed E-state index contributed by atoms with van der Waals surface area (Å²) in [7, 11) is -3.76. The highest BCUT2D eigenvalue weighted by molar-refractivity contribution is 7.99. The van der Waals surface area contributed by atoms with E-state index in [0.717, 1.165) is 42.0 Å². The van der Waals surface area contributed by atoms with Crippen LogP contribution < -0.4 is 10.0 Å². The third kappa shape index (κ3) is 5.75. The molecule has 0 aliphatic carbocycles. The fraction of sp³-hybridized carbons (Fsp3) is 0.348. The first kappa shape index (κ1) is 23.3. The van der Waals surface area contributed by atoms with E-state index >= 15 is 0 Å². The first-order valence-electron chi connectivity index (χ1n) is 11.0. The van der Waals surface area contributed by atoms with Crippen LogP contribution in [-0.2, 0) is 21.4 Å². The van der Waals surface area contributed by atoms with Crippen molar-refractivity contribution in [1.29, 1.82) is 0 Å². The number of hydrogen-bond acceptors (Lipinski definition) is 6. The predicted molar refractivity (Wildman–Crippen MR) is 132 cm³/mol. The number of aryl methyl sites for hydroxylation is 1. The number of nitrogens with zero attached hydrogens (tertiary/aromatic N) is 3. The number of anilines is 1. The van der Waals surface area contributed by atoms with Crippen LogP contribution in [0.15, 0.2) is 63.6 Å². The Hall–Kier alpha value is -2.85. The van der Waals surface area contributed by atoms with E-state index in [2.05, 4.69) is 24.6 Å². The Morgan fingerprint density at radius 2 is 1.97 bits per heavy atom. The van der Waals surface area contributed by atoms with Gasteiger partial charge in [-0.1, -0.05) is 36.4 Å². The summed E-state index contributed by atoms with van der Waals surface area (Å²) in [5.41, 5.74) is 2.35. The Balaban J connectivity index is 1.41. The maximum atomic E-state index is 12.8. The molecule has 4 rings (SSSR count). The standard InChI is InChI=1S/C23H27N5O3S2/c1-2-28-20-12-6-5-11-19(20)26-23(28)32-16-22(29)25-17-9-8-10-18(15-17)33(30,31)27-21-13-4-3-7-14-24-21/h5-6,8-12,15H,2-4,7,13-14,16H2,1H3,(H,24,27)(H,25,29). The Labute approximate surface area is 197 Å². The zero-order valence-corrected chi connectivity index (χ0v) is 20.1. The van der Waals surface area contributed by atoms with Crippen molar-refractivity contribution < 1.29 is 13.2 Å². The third-order valence-corrected chi connectivity index (χ3v) is 7.68. The second kappa shape index (κ2) is 10.4. The minimum atomic E-state index is -3.76. The Morgan fingerprint density at radius 1 is 1.12 bits per heavy atom. The number of aliphatic imine (C=N–C) groups is 1. The van der Waals surface area contributed by atoms with Gasteiger partial charge in [-0.25, -0.2) is 13.4 Å². The molecule has 0 saturated heterocycles. The number of benzene rings is 2. The number of rotatable bonds is 7. The maximum absolute atomic E-state index is 12.8. The first-order valence-corrected chi connectivity index (χ1v) is 13.5. The summed E-state index contributed by atoms with van der Waals surface area (Å²) in [6.45, 7) is 3.43. The highest BCUT2D eigenvalue weighted by atomic mass is 32.2. The molecule has 8 nitrogen and oxygen atoms in total. The van der Waals surface area contributed by atoms with Gasteiger partial charge in [0.25, 0.3) is 10.0 Å². The molecule has 1 aromatic heterocycles. The van der Waals surface area contributed by atoms with Crippen LogP contribution in [0.3, 0.4) is 0 Å². The second-order valence-corrected chi connectivity index (χ2v) is 10.4. The molecule has 1 aliphatic rings. The van der Waals surface area contributed by atoms with Crippen LogP contribution in [0.2, 0.25) is 0 Å². The lowest BCUT2D eigenvalue weighted by atomic mass is 10.2.